The van der Waals surface area contributed by atoms with Gasteiger partial charge in [-0.25, -0.2) is 0 Å². The predicted molar refractivity (Wildman–Crippen MR) is 111 cm³/mol. The van der Waals surface area contributed by atoms with Crippen LogP contribution < -0.4 is 5.73 Å². The summed E-state index contributed by atoms with van der Waals surface area (Å²) in [5.41, 5.74) is 5.48. The maximum atomic E-state index is 5.48. The van der Waals surface area contributed by atoms with E-state index in [1.165, 1.54) is 103 Å². The molecule has 0 bridgehead atoms. The molecule has 1 nitrogen and oxygen atoms in total. The van der Waals surface area contributed by atoms with E-state index >= 15 is 0 Å². The Kier molecular flexibility index (Phi) is 39.3. The van der Waals surface area contributed by atoms with Crippen molar-refractivity contribution in [1.82, 2.24) is 0 Å². The molecule has 0 amide bonds. The number of rotatable bonds is 16. The minimum atomic E-state index is 0.873. The quantitative estimate of drug-likeness (QED) is 0.227. The van der Waals surface area contributed by atoms with Crippen molar-refractivity contribution < 1.29 is 0 Å². The lowest BCUT2D eigenvalue weighted by atomic mass is 10.0. The number of hydrogen-bond donors (Lipinski definition) is 1. The second-order valence-electron chi connectivity index (χ2n) is 6.09. The van der Waals surface area contributed by atoms with Crippen molar-refractivity contribution in [1.29, 1.82) is 0 Å². The summed E-state index contributed by atoms with van der Waals surface area (Å²) in [5.74, 6) is 0. The Hall–Kier alpha value is -0.560. The molecule has 0 radical (unpaired) electrons. The second kappa shape index (κ2) is 33.1. The smallest absolute Gasteiger partial charge is 0.00773 e. The maximum Gasteiger partial charge on any atom is -0.00773 e. The molecule has 0 aromatic heterocycles. The highest BCUT2D eigenvalue weighted by Gasteiger charge is 1.94. The molecule has 0 aliphatic heterocycles. The number of hydrogen-bond acceptors (Lipinski definition) is 1. The molecule has 0 unspecified atom stereocenters. The molecule has 0 aromatic rings. The van der Waals surface area contributed by atoms with Crippen molar-refractivity contribution in [2.45, 2.75) is 110 Å². The third-order valence-electron chi connectivity index (χ3n) is 4.06. The van der Waals surface area contributed by atoms with Crippen molar-refractivity contribution in [3.63, 3.8) is 0 Å². The minimum Gasteiger partial charge on any atom is -0.330 e. The average Bonchev–Trinajstić information content (AvgIpc) is 2.62. The van der Waals surface area contributed by atoms with E-state index < -0.39 is 0 Å². The van der Waals surface area contributed by atoms with Gasteiger partial charge in [-0.05, 0) is 13.0 Å². The number of unbranched alkanes of at least 4 members (excludes halogenated alkanes) is 15. The minimum absolute atomic E-state index is 0.873. The van der Waals surface area contributed by atoms with Crippen LogP contribution in [0.25, 0.3) is 0 Å². The molecule has 0 rings (SSSR count). The topological polar surface area (TPSA) is 26.0 Å². The van der Waals surface area contributed by atoms with Gasteiger partial charge in [0.25, 0.3) is 0 Å². The van der Waals surface area contributed by atoms with Gasteiger partial charge in [0.05, 0.1) is 0 Å². The Bertz CT molecular complexity index is 149. The Morgan fingerprint density at radius 2 is 0.652 bits per heavy atom. The summed E-state index contributed by atoms with van der Waals surface area (Å²) in [7, 11) is 0. The van der Waals surface area contributed by atoms with E-state index in [1.807, 2.05) is 0 Å². The molecule has 0 spiro atoms. The summed E-state index contributed by atoms with van der Waals surface area (Å²) in [6.45, 7) is 15.2. The Balaban J connectivity index is -0.000000919. The van der Waals surface area contributed by atoms with Crippen LogP contribution in [0.2, 0.25) is 0 Å². The highest BCUT2D eigenvalue weighted by atomic mass is 14.5. The summed E-state index contributed by atoms with van der Waals surface area (Å²) in [6.07, 6.45) is 22.9. The van der Waals surface area contributed by atoms with Crippen LogP contribution >= 0.6 is 0 Å². The lowest BCUT2D eigenvalue weighted by Crippen LogP contribution is -1.97. The second-order valence-corrected chi connectivity index (χ2v) is 6.09. The van der Waals surface area contributed by atoms with Crippen LogP contribution in [0.15, 0.2) is 26.3 Å². The first-order chi connectivity index (χ1) is 11.4. The van der Waals surface area contributed by atoms with Crippen LogP contribution in [-0.4, -0.2) is 6.54 Å². The van der Waals surface area contributed by atoms with E-state index in [0.717, 1.165) is 6.54 Å². The summed E-state index contributed by atoms with van der Waals surface area (Å²) in [5, 5.41) is 0. The van der Waals surface area contributed by atoms with Crippen LogP contribution in [0.5, 0.6) is 0 Å². The van der Waals surface area contributed by atoms with Gasteiger partial charge in [0, 0.05) is 0 Å². The van der Waals surface area contributed by atoms with Gasteiger partial charge in [-0.2, -0.15) is 0 Å². The first-order valence-electron chi connectivity index (χ1n) is 10.1. The van der Waals surface area contributed by atoms with Crippen molar-refractivity contribution in [2.75, 3.05) is 6.54 Å². The maximum absolute atomic E-state index is 5.48. The van der Waals surface area contributed by atoms with Gasteiger partial charge >= 0.3 is 0 Å². The van der Waals surface area contributed by atoms with Gasteiger partial charge in [-0.3, -0.25) is 0 Å². The molecule has 23 heavy (non-hydrogen) atoms. The molecular formula is C22H47N. The van der Waals surface area contributed by atoms with Crippen molar-refractivity contribution >= 4 is 0 Å². The first kappa shape index (κ1) is 27.3. The molecule has 0 aliphatic carbocycles. The molecule has 0 aromatic carbocycles. The summed E-state index contributed by atoms with van der Waals surface area (Å²) in [6, 6.07) is 0. The highest BCUT2D eigenvalue weighted by molar-refractivity contribution is 4.49. The van der Waals surface area contributed by atoms with Gasteiger partial charge < -0.3 is 5.73 Å². The molecule has 1 heteroatoms. The number of nitrogens with two attached hydrogens (primary N) is 1. The third kappa shape index (κ3) is 34.0. The molecule has 2 N–H and O–H groups in total. The molecule has 0 saturated heterocycles. The van der Waals surface area contributed by atoms with Crippen LogP contribution in [0.4, 0.5) is 0 Å². The van der Waals surface area contributed by atoms with E-state index in [1.54, 1.807) is 0 Å². The van der Waals surface area contributed by atoms with Crippen LogP contribution in [0.1, 0.15) is 110 Å². The zero-order chi connectivity index (χ0) is 18.0. The van der Waals surface area contributed by atoms with Crippen LogP contribution in [0.3, 0.4) is 0 Å². The monoisotopic (exact) mass is 325 g/mol. The Labute approximate surface area is 148 Å². The van der Waals surface area contributed by atoms with E-state index in [0.29, 0.717) is 0 Å². The predicted octanol–water partition coefficient (Wildman–Crippen LogP) is 7.81. The average molecular weight is 326 g/mol. The van der Waals surface area contributed by atoms with E-state index in [9.17, 15) is 0 Å². The fraction of sp³-hybridized carbons (Fsp3) is 0.818. The summed E-state index contributed by atoms with van der Waals surface area (Å²) >= 11 is 0. The Morgan fingerprint density at radius 3 is 0.870 bits per heavy atom. The SMILES string of the molecule is C=C.C=C.CCCCCCCCCCCCCCCCCCN. The van der Waals surface area contributed by atoms with E-state index in [-0.39, 0.29) is 0 Å². The fourth-order valence-electron chi connectivity index (χ4n) is 2.69. The molecule has 0 atom stereocenters. The first-order valence-corrected chi connectivity index (χ1v) is 10.1. The van der Waals surface area contributed by atoms with E-state index in [2.05, 4.69) is 33.2 Å². The highest BCUT2D eigenvalue weighted by Crippen LogP contribution is 2.13. The zero-order valence-corrected chi connectivity index (χ0v) is 16.4. The molecule has 140 valence electrons. The molecular weight excluding hydrogens is 278 g/mol. The molecule has 0 fully saturated rings. The summed E-state index contributed by atoms with van der Waals surface area (Å²) in [4.78, 5) is 0. The van der Waals surface area contributed by atoms with Gasteiger partial charge in [-0.15, -0.1) is 26.3 Å². The molecule has 0 heterocycles. The largest absolute Gasteiger partial charge is 0.330 e. The standard InChI is InChI=1S/C18H39N.2C2H4/c1-2-3-4-5-6-7-8-9-10-11-12-13-14-15-16-17-18-19;2*1-2/h2-19H2,1H3;2*1-2H2. The lowest BCUT2D eigenvalue weighted by molar-refractivity contribution is 0.530. The van der Waals surface area contributed by atoms with Crippen LogP contribution in [0, 0.1) is 0 Å². The normalized spacial score (nSPS) is 9.48. The third-order valence-corrected chi connectivity index (χ3v) is 4.06. The van der Waals surface area contributed by atoms with E-state index in [4.69, 9.17) is 5.73 Å². The van der Waals surface area contributed by atoms with Crippen molar-refractivity contribution in [3.05, 3.63) is 26.3 Å². The van der Waals surface area contributed by atoms with Gasteiger partial charge in [-0.1, -0.05) is 103 Å². The van der Waals surface area contributed by atoms with Crippen molar-refractivity contribution in [3.8, 4) is 0 Å². The zero-order valence-electron chi connectivity index (χ0n) is 16.4. The van der Waals surface area contributed by atoms with Crippen molar-refractivity contribution in [2.24, 2.45) is 5.73 Å². The van der Waals surface area contributed by atoms with Gasteiger partial charge in [0.15, 0.2) is 0 Å². The summed E-state index contributed by atoms with van der Waals surface area (Å²) < 4.78 is 0. The lowest BCUT2D eigenvalue weighted by Gasteiger charge is -2.03. The molecule has 0 saturated carbocycles. The van der Waals surface area contributed by atoms with Crippen LogP contribution in [-0.2, 0) is 0 Å². The Morgan fingerprint density at radius 1 is 0.435 bits per heavy atom. The van der Waals surface area contributed by atoms with Gasteiger partial charge in [0.2, 0.25) is 0 Å². The molecule has 0 aliphatic rings. The fourth-order valence-corrected chi connectivity index (χ4v) is 2.69. The van der Waals surface area contributed by atoms with Gasteiger partial charge in [0.1, 0.15) is 0 Å².